The van der Waals surface area contributed by atoms with E-state index >= 15 is 0 Å². The van der Waals surface area contributed by atoms with Crippen LogP contribution in [0, 0.1) is 5.92 Å². The molecular formula is C14H21F3N4OS. The second-order valence-electron chi connectivity index (χ2n) is 5.68. The van der Waals surface area contributed by atoms with Crippen LogP contribution >= 0.6 is 11.3 Å². The van der Waals surface area contributed by atoms with Gasteiger partial charge in [0.2, 0.25) is 0 Å². The van der Waals surface area contributed by atoms with E-state index in [9.17, 15) is 18.0 Å². The van der Waals surface area contributed by atoms with Crippen LogP contribution in [0.1, 0.15) is 28.8 Å². The average Bonchev–Trinajstić information content (AvgIpc) is 3.13. The number of nitrogens with two attached hydrogens (primary N) is 1. The van der Waals surface area contributed by atoms with Crippen LogP contribution in [0.3, 0.4) is 0 Å². The van der Waals surface area contributed by atoms with Crippen molar-refractivity contribution in [3.05, 3.63) is 16.1 Å². The topological polar surface area (TPSA) is 62.5 Å². The maximum absolute atomic E-state index is 12.5. The Labute approximate surface area is 137 Å². The molecule has 2 N–H and O–H groups in total. The third kappa shape index (κ3) is 5.15. The van der Waals surface area contributed by atoms with E-state index in [0.717, 1.165) is 0 Å². The minimum atomic E-state index is -4.19. The van der Waals surface area contributed by atoms with Crippen molar-refractivity contribution in [3.8, 4) is 0 Å². The first-order valence-electron chi connectivity index (χ1n) is 7.55. The van der Waals surface area contributed by atoms with Crippen molar-refractivity contribution in [2.45, 2.75) is 26.1 Å². The molecule has 0 aromatic carbocycles. The molecule has 1 atom stereocenters. The molecule has 0 saturated carbocycles. The van der Waals surface area contributed by atoms with Crippen LogP contribution in [0.25, 0.3) is 0 Å². The highest BCUT2D eigenvalue weighted by atomic mass is 32.1. The SMILES string of the molecule is CCN(CC1CCN(C(=O)c2csc(CN)n2)C1)CC(F)(F)F. The minimum Gasteiger partial charge on any atom is -0.337 e. The Morgan fingerprint density at radius 1 is 1.57 bits per heavy atom. The average molecular weight is 350 g/mol. The van der Waals surface area contributed by atoms with Crippen LogP contribution in [-0.4, -0.2) is 59.6 Å². The second-order valence-corrected chi connectivity index (χ2v) is 6.62. The fourth-order valence-corrected chi connectivity index (χ4v) is 3.40. The van der Waals surface area contributed by atoms with E-state index in [2.05, 4.69) is 4.98 Å². The Morgan fingerprint density at radius 3 is 2.87 bits per heavy atom. The van der Waals surface area contributed by atoms with Gasteiger partial charge in [0.25, 0.3) is 5.91 Å². The molecular weight excluding hydrogens is 329 g/mol. The first-order chi connectivity index (χ1) is 10.8. The largest absolute Gasteiger partial charge is 0.401 e. The van der Waals surface area contributed by atoms with Crippen LogP contribution in [0.2, 0.25) is 0 Å². The smallest absolute Gasteiger partial charge is 0.337 e. The van der Waals surface area contributed by atoms with E-state index in [4.69, 9.17) is 5.73 Å². The molecule has 23 heavy (non-hydrogen) atoms. The highest BCUT2D eigenvalue weighted by Gasteiger charge is 2.33. The number of hydrogen-bond donors (Lipinski definition) is 1. The quantitative estimate of drug-likeness (QED) is 0.852. The number of carbonyl (C=O) groups is 1. The zero-order valence-electron chi connectivity index (χ0n) is 13.0. The van der Waals surface area contributed by atoms with Gasteiger partial charge in [0.15, 0.2) is 0 Å². The second kappa shape index (κ2) is 7.59. The Kier molecular flexibility index (Phi) is 5.99. The zero-order valence-corrected chi connectivity index (χ0v) is 13.8. The molecule has 5 nitrogen and oxygen atoms in total. The number of nitrogens with zero attached hydrogens (tertiary/aromatic N) is 3. The van der Waals surface area contributed by atoms with Crippen LogP contribution < -0.4 is 5.73 Å². The van der Waals surface area contributed by atoms with Gasteiger partial charge in [-0.1, -0.05) is 6.92 Å². The lowest BCUT2D eigenvalue weighted by molar-refractivity contribution is -0.146. The number of halogens is 3. The van der Waals surface area contributed by atoms with Gasteiger partial charge in [-0.05, 0) is 18.9 Å². The normalized spacial score (nSPS) is 18.9. The van der Waals surface area contributed by atoms with Gasteiger partial charge < -0.3 is 10.6 Å². The molecule has 1 amide bonds. The summed E-state index contributed by atoms with van der Waals surface area (Å²) in [4.78, 5) is 19.6. The standard InChI is InChI=1S/C14H21F3N4OS/c1-2-20(9-14(15,16)17)6-10-3-4-21(7-10)13(22)11-8-23-12(5-18)19-11/h8,10H,2-7,9,18H2,1H3. The molecule has 0 spiro atoms. The molecule has 2 rings (SSSR count). The van der Waals surface area contributed by atoms with Gasteiger partial charge in [-0.15, -0.1) is 11.3 Å². The molecule has 9 heteroatoms. The maximum Gasteiger partial charge on any atom is 0.401 e. The van der Waals surface area contributed by atoms with Crippen molar-refractivity contribution >= 4 is 17.2 Å². The highest BCUT2D eigenvalue weighted by Crippen LogP contribution is 2.23. The molecule has 1 aliphatic heterocycles. The Bertz CT molecular complexity index is 534. The number of aromatic nitrogens is 1. The van der Waals surface area contributed by atoms with Crippen LogP contribution in [-0.2, 0) is 6.54 Å². The molecule has 0 radical (unpaired) electrons. The van der Waals surface area contributed by atoms with Crippen molar-refractivity contribution in [2.24, 2.45) is 11.7 Å². The Balaban J connectivity index is 1.88. The summed E-state index contributed by atoms with van der Waals surface area (Å²) in [5.74, 6) is -0.101. The summed E-state index contributed by atoms with van der Waals surface area (Å²) in [5, 5.41) is 2.38. The van der Waals surface area contributed by atoms with E-state index in [0.29, 0.717) is 49.8 Å². The molecule has 1 unspecified atom stereocenters. The molecule has 0 bridgehead atoms. The summed E-state index contributed by atoms with van der Waals surface area (Å²) >= 11 is 1.34. The van der Waals surface area contributed by atoms with E-state index in [-0.39, 0.29) is 11.8 Å². The fourth-order valence-electron chi connectivity index (χ4n) is 2.76. The Morgan fingerprint density at radius 2 is 2.30 bits per heavy atom. The number of alkyl halides is 3. The summed E-state index contributed by atoms with van der Waals surface area (Å²) in [6, 6.07) is 0. The van der Waals surface area contributed by atoms with Gasteiger partial charge in [0, 0.05) is 31.6 Å². The first kappa shape index (κ1) is 18.2. The summed E-state index contributed by atoms with van der Waals surface area (Å²) in [6.07, 6.45) is -3.47. The van der Waals surface area contributed by atoms with Gasteiger partial charge >= 0.3 is 6.18 Å². The lowest BCUT2D eigenvalue weighted by atomic mass is 10.1. The molecule has 1 saturated heterocycles. The molecule has 1 aliphatic rings. The Hall–Kier alpha value is -1.19. The van der Waals surface area contributed by atoms with Gasteiger partial charge in [0.1, 0.15) is 10.7 Å². The van der Waals surface area contributed by atoms with E-state index in [1.807, 2.05) is 0 Å². The third-order valence-corrected chi connectivity index (χ3v) is 4.76. The van der Waals surface area contributed by atoms with Crippen molar-refractivity contribution < 1.29 is 18.0 Å². The van der Waals surface area contributed by atoms with E-state index in [1.54, 1.807) is 17.2 Å². The monoisotopic (exact) mass is 350 g/mol. The fraction of sp³-hybridized carbons (Fsp3) is 0.714. The molecule has 1 aromatic heterocycles. The summed E-state index contributed by atoms with van der Waals surface area (Å²) < 4.78 is 37.5. The predicted molar refractivity (Wildman–Crippen MR) is 82.2 cm³/mol. The highest BCUT2D eigenvalue weighted by molar-refractivity contribution is 7.09. The lowest BCUT2D eigenvalue weighted by Gasteiger charge is -2.25. The van der Waals surface area contributed by atoms with Crippen molar-refractivity contribution in [2.75, 3.05) is 32.7 Å². The van der Waals surface area contributed by atoms with E-state index in [1.165, 1.54) is 16.2 Å². The number of carbonyl (C=O) groups excluding carboxylic acids is 1. The predicted octanol–water partition coefficient (Wildman–Crippen LogP) is 1.95. The van der Waals surface area contributed by atoms with Gasteiger partial charge in [-0.25, -0.2) is 4.98 Å². The molecule has 2 heterocycles. The zero-order chi connectivity index (χ0) is 17.0. The lowest BCUT2D eigenvalue weighted by Crippen LogP contribution is -2.38. The summed E-state index contributed by atoms with van der Waals surface area (Å²) in [6.45, 7) is 2.84. The van der Waals surface area contributed by atoms with Crippen LogP contribution in [0.15, 0.2) is 5.38 Å². The maximum atomic E-state index is 12.5. The van der Waals surface area contributed by atoms with Crippen LogP contribution in [0.5, 0.6) is 0 Å². The van der Waals surface area contributed by atoms with Gasteiger partial charge in [-0.3, -0.25) is 9.69 Å². The number of rotatable bonds is 6. The molecule has 130 valence electrons. The molecule has 0 aliphatic carbocycles. The molecule has 1 fully saturated rings. The van der Waals surface area contributed by atoms with Crippen molar-refractivity contribution in [1.82, 2.24) is 14.8 Å². The number of amides is 1. The van der Waals surface area contributed by atoms with Crippen LogP contribution in [0.4, 0.5) is 13.2 Å². The summed E-state index contributed by atoms with van der Waals surface area (Å²) in [7, 11) is 0. The van der Waals surface area contributed by atoms with Gasteiger partial charge in [0.05, 0.1) is 6.54 Å². The summed E-state index contributed by atoms with van der Waals surface area (Å²) in [5.41, 5.74) is 5.86. The number of thiazole rings is 1. The van der Waals surface area contributed by atoms with Gasteiger partial charge in [-0.2, -0.15) is 13.2 Å². The first-order valence-corrected chi connectivity index (χ1v) is 8.43. The molecule has 1 aromatic rings. The minimum absolute atomic E-state index is 0.0638. The number of hydrogen-bond acceptors (Lipinski definition) is 5. The van der Waals surface area contributed by atoms with Crippen molar-refractivity contribution in [1.29, 1.82) is 0 Å². The number of likely N-dealkylation sites (tertiary alicyclic amines) is 1. The van der Waals surface area contributed by atoms with E-state index < -0.39 is 12.7 Å². The third-order valence-electron chi connectivity index (χ3n) is 3.89. The van der Waals surface area contributed by atoms with Crippen molar-refractivity contribution in [3.63, 3.8) is 0 Å².